The monoisotopic (exact) mass is 531 g/mol. The first-order chi connectivity index (χ1) is 18.1. The Balaban J connectivity index is 1.55. The molecule has 204 valence electrons. The number of rotatable bonds is 6. The normalized spacial score (nSPS) is 18.0. The molecule has 11 heteroatoms. The molecule has 0 aliphatic carbocycles. The molecule has 0 bridgehead atoms. The lowest BCUT2D eigenvalue weighted by molar-refractivity contribution is -0.148. The zero-order valence-electron chi connectivity index (χ0n) is 21.5. The number of piperidine rings is 1. The quantitative estimate of drug-likeness (QED) is 0.482. The van der Waals surface area contributed by atoms with Crippen LogP contribution < -0.4 is 4.90 Å². The summed E-state index contributed by atoms with van der Waals surface area (Å²) in [4.78, 5) is 20.2. The number of halogens is 3. The highest BCUT2D eigenvalue weighted by Crippen LogP contribution is 2.38. The van der Waals surface area contributed by atoms with Crippen molar-refractivity contribution in [3.05, 3.63) is 41.7 Å². The number of pyridine rings is 1. The molecule has 2 saturated heterocycles. The smallest absolute Gasteiger partial charge is 0.401 e. The molecule has 0 saturated carbocycles. The van der Waals surface area contributed by atoms with Crippen LogP contribution in [0.15, 0.2) is 30.3 Å². The number of benzene rings is 1. The molecule has 5 rings (SSSR count). The Labute approximate surface area is 219 Å². The Bertz CT molecular complexity index is 1290. The molecule has 0 atom stereocenters. The summed E-state index contributed by atoms with van der Waals surface area (Å²) in [5.74, 6) is -1.11. The third kappa shape index (κ3) is 5.49. The molecule has 4 heterocycles. The highest BCUT2D eigenvalue weighted by atomic mass is 19.4. The molecule has 2 aliphatic rings. The lowest BCUT2D eigenvalue weighted by Crippen LogP contribution is -2.40. The summed E-state index contributed by atoms with van der Waals surface area (Å²) in [5.41, 5.74) is 3.86. The second-order valence-electron chi connectivity index (χ2n) is 10.3. The molecule has 38 heavy (non-hydrogen) atoms. The highest BCUT2D eigenvalue weighted by Gasteiger charge is 2.34. The van der Waals surface area contributed by atoms with E-state index in [1.54, 1.807) is 10.7 Å². The summed E-state index contributed by atoms with van der Waals surface area (Å²) in [6, 6.07) is 9.47. The number of morpholine rings is 1. The van der Waals surface area contributed by atoms with Gasteiger partial charge in [0.25, 0.3) is 0 Å². The second-order valence-corrected chi connectivity index (χ2v) is 10.3. The number of aromatic nitrogens is 3. The molecule has 0 radical (unpaired) electrons. The largest absolute Gasteiger partial charge is 0.477 e. The fourth-order valence-corrected chi connectivity index (χ4v) is 5.41. The van der Waals surface area contributed by atoms with Crippen LogP contribution in [0.25, 0.3) is 22.2 Å². The Morgan fingerprint density at radius 2 is 1.76 bits per heavy atom. The first-order valence-corrected chi connectivity index (χ1v) is 13.0. The van der Waals surface area contributed by atoms with E-state index in [4.69, 9.17) is 9.84 Å². The van der Waals surface area contributed by atoms with Crippen molar-refractivity contribution in [2.45, 2.75) is 44.8 Å². The fourth-order valence-electron chi connectivity index (χ4n) is 5.41. The van der Waals surface area contributed by atoms with E-state index in [9.17, 15) is 23.1 Å². The van der Waals surface area contributed by atoms with Crippen molar-refractivity contribution in [1.29, 1.82) is 0 Å². The van der Waals surface area contributed by atoms with E-state index in [2.05, 4.69) is 9.88 Å². The number of alkyl halides is 3. The van der Waals surface area contributed by atoms with E-state index < -0.39 is 18.7 Å². The maximum absolute atomic E-state index is 12.9. The van der Waals surface area contributed by atoms with Crippen LogP contribution in [-0.2, 0) is 4.74 Å². The number of likely N-dealkylation sites (tertiary alicyclic amines) is 1. The van der Waals surface area contributed by atoms with Crippen LogP contribution in [0.1, 0.15) is 54.8 Å². The molecular formula is C27H32F3N5O3. The summed E-state index contributed by atoms with van der Waals surface area (Å²) in [7, 11) is 0. The van der Waals surface area contributed by atoms with Crippen molar-refractivity contribution < 1.29 is 27.8 Å². The van der Waals surface area contributed by atoms with Gasteiger partial charge in [-0.05, 0) is 48.1 Å². The summed E-state index contributed by atoms with van der Waals surface area (Å²) < 4.78 is 45.9. The van der Waals surface area contributed by atoms with E-state index in [1.165, 1.54) is 4.90 Å². The Hall–Kier alpha value is -3.18. The van der Waals surface area contributed by atoms with Gasteiger partial charge < -0.3 is 14.7 Å². The van der Waals surface area contributed by atoms with Gasteiger partial charge in [0.2, 0.25) is 0 Å². The van der Waals surface area contributed by atoms with Gasteiger partial charge in [-0.15, -0.1) is 0 Å². The number of nitrogens with zero attached hydrogens (tertiary/aromatic N) is 5. The van der Waals surface area contributed by atoms with Gasteiger partial charge in [-0.1, -0.05) is 26.0 Å². The molecule has 3 aromatic rings. The lowest BCUT2D eigenvalue weighted by Gasteiger charge is -2.32. The predicted octanol–water partition coefficient (Wildman–Crippen LogP) is 4.96. The molecular weight excluding hydrogens is 499 g/mol. The first kappa shape index (κ1) is 26.4. The minimum atomic E-state index is -4.24. The predicted molar refractivity (Wildman–Crippen MR) is 138 cm³/mol. The molecule has 2 aliphatic heterocycles. The number of hydrogen-bond acceptors (Lipinski definition) is 6. The van der Waals surface area contributed by atoms with E-state index in [1.807, 2.05) is 38.1 Å². The minimum absolute atomic E-state index is 0.0351. The number of carbonyl (C=O) groups is 1. The van der Waals surface area contributed by atoms with Crippen molar-refractivity contribution in [2.75, 3.05) is 50.8 Å². The van der Waals surface area contributed by atoms with E-state index in [-0.39, 0.29) is 30.7 Å². The van der Waals surface area contributed by atoms with Crippen molar-refractivity contribution in [2.24, 2.45) is 0 Å². The maximum Gasteiger partial charge on any atom is 0.401 e. The first-order valence-electron chi connectivity index (χ1n) is 13.0. The fraction of sp³-hybridized carbons (Fsp3) is 0.519. The van der Waals surface area contributed by atoms with Gasteiger partial charge in [-0.25, -0.2) is 14.5 Å². The number of aromatic carboxylic acids is 1. The molecule has 0 unspecified atom stereocenters. The highest BCUT2D eigenvalue weighted by molar-refractivity contribution is 6.00. The molecule has 2 aromatic heterocycles. The van der Waals surface area contributed by atoms with E-state index in [0.29, 0.717) is 31.7 Å². The Morgan fingerprint density at radius 1 is 1.11 bits per heavy atom. The van der Waals surface area contributed by atoms with Gasteiger partial charge in [0.05, 0.1) is 36.9 Å². The van der Waals surface area contributed by atoms with Crippen molar-refractivity contribution in [1.82, 2.24) is 19.7 Å². The van der Waals surface area contributed by atoms with Crippen LogP contribution in [0.5, 0.6) is 0 Å². The zero-order chi connectivity index (χ0) is 27.0. The molecule has 1 aromatic carbocycles. The van der Waals surface area contributed by atoms with Gasteiger partial charge in [-0.2, -0.15) is 18.3 Å². The summed E-state index contributed by atoms with van der Waals surface area (Å²) in [6.45, 7) is 6.68. The summed E-state index contributed by atoms with van der Waals surface area (Å²) in [5, 5.41) is 15.5. The molecule has 0 amide bonds. The topological polar surface area (TPSA) is 83.7 Å². The number of hydrogen-bond donors (Lipinski definition) is 1. The maximum atomic E-state index is 12.9. The standard InChI is InChI=1S/C27H32F3N5O3/c1-17(2)24-23-21(18-3-5-19(6-4-18)34-11-13-38-14-12-34)15-22(26(36)37)31-25(23)35(32-24)20-7-9-33(10-8-20)16-27(28,29)30/h3-6,15,17,20H,7-14,16H2,1-2H3,(H,36,37). The Kier molecular flexibility index (Phi) is 7.32. The number of carboxylic acid groups (broad SMARTS) is 1. The summed E-state index contributed by atoms with van der Waals surface area (Å²) >= 11 is 0. The van der Waals surface area contributed by atoms with Crippen LogP contribution in [0, 0.1) is 0 Å². The SMILES string of the molecule is CC(C)c1nn(C2CCN(CC(F)(F)F)CC2)c2nc(C(=O)O)cc(-c3ccc(N4CCOCC4)cc3)c12. The number of carboxylic acids is 1. The average molecular weight is 532 g/mol. The number of anilines is 1. The van der Waals surface area contributed by atoms with Gasteiger partial charge in [0, 0.05) is 31.9 Å². The van der Waals surface area contributed by atoms with Gasteiger partial charge in [-0.3, -0.25) is 4.90 Å². The zero-order valence-corrected chi connectivity index (χ0v) is 21.5. The molecule has 2 fully saturated rings. The summed E-state index contributed by atoms with van der Waals surface area (Å²) in [6.07, 6.45) is -3.28. The van der Waals surface area contributed by atoms with Gasteiger partial charge in [0.15, 0.2) is 11.3 Å². The van der Waals surface area contributed by atoms with Crippen LogP contribution in [-0.4, -0.2) is 82.9 Å². The third-order valence-corrected chi connectivity index (χ3v) is 7.32. The van der Waals surface area contributed by atoms with Crippen molar-refractivity contribution in [3.8, 4) is 11.1 Å². The third-order valence-electron chi connectivity index (χ3n) is 7.32. The second kappa shape index (κ2) is 10.5. The van der Waals surface area contributed by atoms with Crippen LogP contribution in [0.3, 0.4) is 0 Å². The van der Waals surface area contributed by atoms with Crippen LogP contribution >= 0.6 is 0 Å². The number of fused-ring (bicyclic) bond motifs is 1. The molecule has 8 nitrogen and oxygen atoms in total. The van der Waals surface area contributed by atoms with Crippen LogP contribution in [0.4, 0.5) is 18.9 Å². The van der Waals surface area contributed by atoms with Crippen LogP contribution in [0.2, 0.25) is 0 Å². The van der Waals surface area contributed by atoms with Crippen molar-refractivity contribution in [3.63, 3.8) is 0 Å². The van der Waals surface area contributed by atoms with Crippen molar-refractivity contribution >= 4 is 22.7 Å². The molecule has 1 N–H and O–H groups in total. The van der Waals surface area contributed by atoms with E-state index >= 15 is 0 Å². The lowest BCUT2D eigenvalue weighted by atomic mass is 9.97. The number of ether oxygens (including phenoxy) is 1. The minimum Gasteiger partial charge on any atom is -0.477 e. The van der Waals surface area contributed by atoms with E-state index in [0.717, 1.165) is 41.0 Å². The van der Waals surface area contributed by atoms with Gasteiger partial charge >= 0.3 is 12.1 Å². The Morgan fingerprint density at radius 3 is 2.34 bits per heavy atom. The van der Waals surface area contributed by atoms with Gasteiger partial charge in [0.1, 0.15) is 0 Å². The molecule has 0 spiro atoms. The average Bonchev–Trinajstić information content (AvgIpc) is 3.28.